The lowest BCUT2D eigenvalue weighted by atomic mass is 9.95. The normalized spacial score (nSPS) is 23.8. The summed E-state index contributed by atoms with van der Waals surface area (Å²) in [7, 11) is 0. The van der Waals surface area contributed by atoms with E-state index in [0.29, 0.717) is 46.3 Å². The summed E-state index contributed by atoms with van der Waals surface area (Å²) in [5.41, 5.74) is 1.42. The van der Waals surface area contributed by atoms with Crippen molar-refractivity contribution >= 4 is 39.2 Å². The quantitative estimate of drug-likeness (QED) is 0.343. The van der Waals surface area contributed by atoms with Crippen molar-refractivity contribution in [3.05, 3.63) is 53.3 Å². The summed E-state index contributed by atoms with van der Waals surface area (Å²) in [5.74, 6) is 0.322. The lowest BCUT2D eigenvalue weighted by Crippen LogP contribution is -2.52. The van der Waals surface area contributed by atoms with Crippen LogP contribution in [0.1, 0.15) is 38.5 Å². The number of nitrogens with zero attached hydrogens (tertiary/aromatic N) is 5. The molecule has 0 aliphatic carbocycles. The van der Waals surface area contributed by atoms with Crippen LogP contribution in [0.25, 0.3) is 33.1 Å². The maximum atomic E-state index is 16.0. The summed E-state index contributed by atoms with van der Waals surface area (Å²) in [4.78, 5) is 19.5. The number of rotatable bonds is 5. The molecule has 8 rings (SSSR count). The van der Waals surface area contributed by atoms with E-state index in [1.54, 1.807) is 6.07 Å². The molecule has 2 unspecified atom stereocenters. The van der Waals surface area contributed by atoms with Crippen LogP contribution in [0.15, 0.2) is 42.5 Å². The molecule has 2 atom stereocenters. The molecule has 2 aromatic heterocycles. The van der Waals surface area contributed by atoms with Crippen LogP contribution in [-0.2, 0) is 0 Å². The topological polar surface area (TPSA) is 66.4 Å². The number of halogens is 2. The molecule has 0 saturated carbocycles. The van der Waals surface area contributed by atoms with E-state index in [1.165, 1.54) is 12.8 Å². The highest BCUT2D eigenvalue weighted by Crippen LogP contribution is 2.41. The van der Waals surface area contributed by atoms with Gasteiger partial charge in [-0.2, -0.15) is 9.97 Å². The second kappa shape index (κ2) is 9.50. The number of pyridine rings is 1. The first-order valence-electron chi connectivity index (χ1n) is 14.5. The van der Waals surface area contributed by atoms with E-state index >= 15 is 4.39 Å². The van der Waals surface area contributed by atoms with Gasteiger partial charge in [0.05, 0.1) is 10.9 Å². The molecular formula is C31H32ClFN6O. The van der Waals surface area contributed by atoms with Gasteiger partial charge in [-0.1, -0.05) is 41.9 Å². The number of anilines is 1. The average molecular weight is 559 g/mol. The molecule has 4 aliphatic heterocycles. The monoisotopic (exact) mass is 558 g/mol. The zero-order valence-electron chi connectivity index (χ0n) is 22.4. The van der Waals surface area contributed by atoms with Crippen LogP contribution < -0.4 is 15.0 Å². The number of hydrogen-bond donors (Lipinski definition) is 1. The van der Waals surface area contributed by atoms with Gasteiger partial charge in [-0.25, -0.2) is 9.37 Å². The minimum atomic E-state index is -0.410. The molecule has 0 radical (unpaired) electrons. The van der Waals surface area contributed by atoms with Gasteiger partial charge >= 0.3 is 6.01 Å². The Balaban J connectivity index is 1.27. The van der Waals surface area contributed by atoms with Gasteiger partial charge < -0.3 is 15.0 Å². The summed E-state index contributed by atoms with van der Waals surface area (Å²) < 4.78 is 22.4. The molecule has 4 aromatic rings. The van der Waals surface area contributed by atoms with Crippen molar-refractivity contribution in [1.29, 1.82) is 0 Å². The van der Waals surface area contributed by atoms with E-state index in [-0.39, 0.29) is 11.2 Å². The molecule has 2 aromatic carbocycles. The zero-order valence-corrected chi connectivity index (χ0v) is 23.1. The predicted molar refractivity (Wildman–Crippen MR) is 156 cm³/mol. The van der Waals surface area contributed by atoms with E-state index in [0.717, 1.165) is 68.5 Å². The predicted octanol–water partition coefficient (Wildman–Crippen LogP) is 5.59. The summed E-state index contributed by atoms with van der Waals surface area (Å²) in [5, 5.41) is 6.45. The van der Waals surface area contributed by atoms with Crippen molar-refractivity contribution in [1.82, 2.24) is 25.2 Å². The molecule has 4 aliphatic rings. The summed E-state index contributed by atoms with van der Waals surface area (Å²) in [6.07, 6.45) is 6.86. The number of nitrogens with one attached hydrogen (secondary N) is 1. The maximum Gasteiger partial charge on any atom is 0.320 e. The average Bonchev–Trinajstić information content (AvgIpc) is 3.61. The lowest BCUT2D eigenvalue weighted by Gasteiger charge is -2.37. The van der Waals surface area contributed by atoms with Gasteiger partial charge in [-0.15, -0.1) is 0 Å². The highest BCUT2D eigenvalue weighted by Gasteiger charge is 2.45. The van der Waals surface area contributed by atoms with Gasteiger partial charge in [0.25, 0.3) is 0 Å². The maximum absolute atomic E-state index is 16.0. The number of benzene rings is 2. The molecular weight excluding hydrogens is 527 g/mol. The van der Waals surface area contributed by atoms with Crippen LogP contribution in [0.2, 0.25) is 5.02 Å². The van der Waals surface area contributed by atoms with Crippen molar-refractivity contribution in [2.45, 2.75) is 56.1 Å². The highest BCUT2D eigenvalue weighted by atomic mass is 35.5. The SMILES string of the molecule is Fc1cc2c(N3C4CCC3CNC4)nc(OCC34CCCN3CCC4)nc2nc1-c1cccc2cccc(Cl)c12. The molecule has 9 heteroatoms. The molecule has 4 saturated heterocycles. The van der Waals surface area contributed by atoms with Gasteiger partial charge in [0.1, 0.15) is 23.9 Å². The van der Waals surface area contributed by atoms with Crippen molar-refractivity contribution < 1.29 is 9.13 Å². The third kappa shape index (κ3) is 3.87. The first-order chi connectivity index (χ1) is 19.6. The van der Waals surface area contributed by atoms with Crippen LogP contribution in [0, 0.1) is 5.82 Å². The smallest absolute Gasteiger partial charge is 0.320 e. The van der Waals surface area contributed by atoms with Gasteiger partial charge in [-0.3, -0.25) is 4.90 Å². The fourth-order valence-electron chi connectivity index (χ4n) is 7.72. The fourth-order valence-corrected chi connectivity index (χ4v) is 8.01. The third-order valence-electron chi connectivity index (χ3n) is 9.61. The summed E-state index contributed by atoms with van der Waals surface area (Å²) in [6, 6.07) is 14.0. The van der Waals surface area contributed by atoms with Crippen LogP contribution in [0.3, 0.4) is 0 Å². The first-order valence-corrected chi connectivity index (χ1v) is 14.9. The molecule has 40 heavy (non-hydrogen) atoms. The van der Waals surface area contributed by atoms with Gasteiger partial charge in [-0.05, 0) is 69.1 Å². The molecule has 4 fully saturated rings. The Hall–Kier alpha value is -3.07. The zero-order chi connectivity index (χ0) is 26.8. The Morgan fingerprint density at radius 3 is 2.52 bits per heavy atom. The van der Waals surface area contributed by atoms with Gasteiger partial charge in [0, 0.05) is 41.1 Å². The lowest BCUT2D eigenvalue weighted by molar-refractivity contribution is 0.108. The van der Waals surface area contributed by atoms with Crippen molar-refractivity contribution in [3.8, 4) is 17.3 Å². The van der Waals surface area contributed by atoms with E-state index in [9.17, 15) is 0 Å². The Bertz CT molecular complexity index is 1600. The van der Waals surface area contributed by atoms with Crippen LogP contribution in [0.4, 0.5) is 10.2 Å². The highest BCUT2D eigenvalue weighted by molar-refractivity contribution is 6.36. The molecule has 2 bridgehead atoms. The second-order valence-electron chi connectivity index (χ2n) is 11.8. The Labute approximate surface area is 237 Å². The summed E-state index contributed by atoms with van der Waals surface area (Å²) in [6.45, 7) is 4.61. The van der Waals surface area contributed by atoms with E-state index < -0.39 is 5.82 Å². The van der Waals surface area contributed by atoms with Gasteiger partial charge in [0.2, 0.25) is 0 Å². The molecule has 206 valence electrons. The molecule has 7 nitrogen and oxygen atoms in total. The van der Waals surface area contributed by atoms with Crippen LogP contribution >= 0.6 is 11.6 Å². The second-order valence-corrected chi connectivity index (χ2v) is 12.2. The molecule has 1 N–H and O–H groups in total. The Morgan fingerprint density at radius 2 is 1.75 bits per heavy atom. The molecule has 0 amide bonds. The molecule has 0 spiro atoms. The van der Waals surface area contributed by atoms with Crippen molar-refractivity contribution in [3.63, 3.8) is 0 Å². The van der Waals surface area contributed by atoms with Crippen LogP contribution in [-0.4, -0.2) is 70.3 Å². The third-order valence-corrected chi connectivity index (χ3v) is 9.93. The molecule has 6 heterocycles. The number of fused-ring (bicyclic) bond motifs is 5. The summed E-state index contributed by atoms with van der Waals surface area (Å²) >= 11 is 6.61. The number of aromatic nitrogens is 3. The van der Waals surface area contributed by atoms with E-state index in [2.05, 4.69) is 15.1 Å². The van der Waals surface area contributed by atoms with Gasteiger partial charge in [0.15, 0.2) is 5.65 Å². The number of hydrogen-bond acceptors (Lipinski definition) is 7. The number of ether oxygens (including phenoxy) is 1. The minimum Gasteiger partial charge on any atom is -0.461 e. The fraction of sp³-hybridized carbons (Fsp3) is 0.452. The van der Waals surface area contributed by atoms with Crippen molar-refractivity contribution in [2.75, 3.05) is 37.7 Å². The van der Waals surface area contributed by atoms with E-state index in [1.807, 2.05) is 36.4 Å². The minimum absolute atomic E-state index is 0.0770. The van der Waals surface area contributed by atoms with Crippen LogP contribution in [0.5, 0.6) is 6.01 Å². The van der Waals surface area contributed by atoms with E-state index in [4.69, 9.17) is 31.3 Å². The van der Waals surface area contributed by atoms with Crippen molar-refractivity contribution in [2.24, 2.45) is 0 Å². The first kappa shape index (κ1) is 24.7. The Kier molecular flexibility index (Phi) is 5.87. The standard InChI is InChI=1S/C31H32ClFN6O/c32-24-8-2-6-19-5-1-7-22(26(19)24)27-25(33)15-23-28(35-27)36-30(40-18-31-11-3-13-38(31)14-4-12-31)37-29(23)39-20-9-10-21(39)17-34-16-20/h1-2,5-8,15,20-21,34H,3-4,9-14,16-18H2. The largest absolute Gasteiger partial charge is 0.461 e. The number of piperazine rings is 1. The Morgan fingerprint density at radius 1 is 1.00 bits per heavy atom.